The molecule has 0 aliphatic carbocycles. The summed E-state index contributed by atoms with van der Waals surface area (Å²) in [5.74, 6) is 0.378. The van der Waals surface area contributed by atoms with Crippen molar-refractivity contribution in [1.82, 2.24) is 15.3 Å². The molecule has 2 N–H and O–H groups in total. The standard InChI is InChI=1S/C22H24N4O3S/c1-14(2)20(22(28)29-3)26-21-16-6-4-5-7-17(16)24-18(25-21)12-23-19(27)9-8-15-10-11-30-13-15/h4-11,13-14,20H,12H2,1-3H3,(H,23,27)(H,24,25,26)/b9-8+/t20-/m0/s1. The number of benzene rings is 1. The number of fused-ring (bicyclic) bond motifs is 1. The predicted molar refractivity (Wildman–Crippen MR) is 119 cm³/mol. The Hall–Kier alpha value is -3.26. The molecule has 156 valence electrons. The molecule has 0 unspecified atom stereocenters. The van der Waals surface area contributed by atoms with E-state index in [2.05, 4.69) is 20.6 Å². The van der Waals surface area contributed by atoms with Gasteiger partial charge >= 0.3 is 5.97 Å². The van der Waals surface area contributed by atoms with Gasteiger partial charge in [-0.05, 0) is 46.5 Å². The van der Waals surface area contributed by atoms with Crippen molar-refractivity contribution in [1.29, 1.82) is 0 Å². The number of carbonyl (C=O) groups is 2. The zero-order chi connectivity index (χ0) is 21.5. The van der Waals surface area contributed by atoms with Gasteiger partial charge < -0.3 is 15.4 Å². The third-order valence-corrected chi connectivity index (χ3v) is 5.16. The van der Waals surface area contributed by atoms with E-state index in [1.807, 2.05) is 54.9 Å². The average Bonchev–Trinajstić information content (AvgIpc) is 3.27. The van der Waals surface area contributed by atoms with Gasteiger partial charge in [0, 0.05) is 11.5 Å². The number of methoxy groups -OCH3 is 1. The molecule has 0 aliphatic heterocycles. The van der Waals surface area contributed by atoms with Crippen LogP contribution < -0.4 is 10.6 Å². The Balaban J connectivity index is 1.80. The second kappa shape index (κ2) is 9.98. The van der Waals surface area contributed by atoms with Gasteiger partial charge in [0.2, 0.25) is 5.91 Å². The highest BCUT2D eigenvalue weighted by Crippen LogP contribution is 2.22. The van der Waals surface area contributed by atoms with Crippen molar-refractivity contribution in [3.8, 4) is 0 Å². The highest BCUT2D eigenvalue weighted by atomic mass is 32.1. The molecule has 7 nitrogen and oxygen atoms in total. The molecular weight excluding hydrogens is 400 g/mol. The molecule has 0 fully saturated rings. The van der Waals surface area contributed by atoms with Crippen LogP contribution in [0.4, 0.5) is 5.82 Å². The van der Waals surface area contributed by atoms with Gasteiger partial charge in [-0.25, -0.2) is 14.8 Å². The topological polar surface area (TPSA) is 93.2 Å². The van der Waals surface area contributed by atoms with E-state index in [1.165, 1.54) is 13.2 Å². The highest BCUT2D eigenvalue weighted by Gasteiger charge is 2.24. The fraction of sp³-hybridized carbons (Fsp3) is 0.273. The molecule has 3 aromatic rings. The number of nitrogens with one attached hydrogen (secondary N) is 2. The Morgan fingerprint density at radius 3 is 2.70 bits per heavy atom. The molecule has 1 aromatic carbocycles. The summed E-state index contributed by atoms with van der Waals surface area (Å²) in [4.78, 5) is 33.4. The number of thiophene rings is 1. The first kappa shape index (κ1) is 21.4. The maximum atomic E-state index is 12.2. The summed E-state index contributed by atoms with van der Waals surface area (Å²) in [6.07, 6.45) is 3.23. The quantitative estimate of drug-likeness (QED) is 0.424. The van der Waals surface area contributed by atoms with E-state index in [0.29, 0.717) is 11.6 Å². The normalized spacial score (nSPS) is 12.3. The number of aromatic nitrogens is 2. The summed E-state index contributed by atoms with van der Waals surface area (Å²) in [5, 5.41) is 10.7. The van der Waals surface area contributed by atoms with Crippen molar-refractivity contribution in [3.05, 3.63) is 58.6 Å². The molecule has 1 amide bonds. The molecular formula is C22H24N4O3S. The van der Waals surface area contributed by atoms with E-state index >= 15 is 0 Å². The fourth-order valence-electron chi connectivity index (χ4n) is 2.85. The Morgan fingerprint density at radius 2 is 2.00 bits per heavy atom. The second-order valence-corrected chi connectivity index (χ2v) is 7.78. The van der Waals surface area contributed by atoms with Crippen LogP contribution in [0.15, 0.2) is 47.2 Å². The monoisotopic (exact) mass is 424 g/mol. The molecule has 0 aliphatic rings. The van der Waals surface area contributed by atoms with E-state index < -0.39 is 6.04 Å². The number of amides is 1. The summed E-state index contributed by atoms with van der Waals surface area (Å²) in [5.41, 5.74) is 1.70. The Labute approximate surface area is 179 Å². The minimum atomic E-state index is -0.552. The minimum absolute atomic E-state index is 0.00317. The summed E-state index contributed by atoms with van der Waals surface area (Å²) >= 11 is 1.57. The number of hydrogen-bond acceptors (Lipinski definition) is 7. The van der Waals surface area contributed by atoms with Gasteiger partial charge in [0.1, 0.15) is 11.9 Å². The lowest BCUT2D eigenvalue weighted by Crippen LogP contribution is -2.36. The van der Waals surface area contributed by atoms with Crippen LogP contribution in [-0.4, -0.2) is 35.0 Å². The van der Waals surface area contributed by atoms with Gasteiger partial charge in [0.05, 0.1) is 19.2 Å². The zero-order valence-electron chi connectivity index (χ0n) is 17.1. The van der Waals surface area contributed by atoms with Crippen LogP contribution in [0.3, 0.4) is 0 Å². The first-order valence-corrected chi connectivity index (χ1v) is 10.5. The lowest BCUT2D eigenvalue weighted by atomic mass is 10.0. The van der Waals surface area contributed by atoms with Crippen molar-refractivity contribution in [3.63, 3.8) is 0 Å². The smallest absolute Gasteiger partial charge is 0.328 e. The van der Waals surface area contributed by atoms with E-state index in [0.717, 1.165) is 16.5 Å². The highest BCUT2D eigenvalue weighted by molar-refractivity contribution is 7.08. The first-order chi connectivity index (χ1) is 14.5. The molecule has 0 saturated carbocycles. The largest absolute Gasteiger partial charge is 0.467 e. The summed E-state index contributed by atoms with van der Waals surface area (Å²) < 4.78 is 4.92. The molecule has 1 atom stereocenters. The van der Waals surface area contributed by atoms with Crippen molar-refractivity contribution >= 4 is 46.0 Å². The Morgan fingerprint density at radius 1 is 1.20 bits per heavy atom. The lowest BCUT2D eigenvalue weighted by Gasteiger charge is -2.21. The van der Waals surface area contributed by atoms with Gasteiger partial charge in [0.15, 0.2) is 5.82 Å². The number of carbonyl (C=O) groups excluding carboxylic acids is 2. The van der Waals surface area contributed by atoms with Crippen molar-refractivity contribution in [2.45, 2.75) is 26.4 Å². The molecule has 2 heterocycles. The SMILES string of the molecule is COC(=O)[C@@H](Nc1nc(CNC(=O)/C=C/c2ccsc2)nc2ccccc12)C(C)C. The number of rotatable bonds is 8. The third-order valence-electron chi connectivity index (χ3n) is 4.45. The van der Waals surface area contributed by atoms with Crippen LogP contribution in [0.1, 0.15) is 25.2 Å². The molecule has 8 heteroatoms. The van der Waals surface area contributed by atoms with Gasteiger partial charge in [-0.1, -0.05) is 26.0 Å². The van der Waals surface area contributed by atoms with Crippen LogP contribution >= 0.6 is 11.3 Å². The van der Waals surface area contributed by atoms with Crippen molar-refractivity contribution < 1.29 is 14.3 Å². The molecule has 0 spiro atoms. The maximum absolute atomic E-state index is 12.2. The molecule has 0 saturated heterocycles. The minimum Gasteiger partial charge on any atom is -0.467 e. The summed E-state index contributed by atoms with van der Waals surface area (Å²) in [7, 11) is 1.36. The van der Waals surface area contributed by atoms with Gasteiger partial charge in [-0.2, -0.15) is 11.3 Å². The lowest BCUT2D eigenvalue weighted by molar-refractivity contribution is -0.142. The number of hydrogen-bond donors (Lipinski definition) is 2. The van der Waals surface area contributed by atoms with Gasteiger partial charge in [0.25, 0.3) is 0 Å². The van der Waals surface area contributed by atoms with E-state index in [9.17, 15) is 9.59 Å². The van der Waals surface area contributed by atoms with Gasteiger partial charge in [-0.3, -0.25) is 4.79 Å². The number of nitrogens with zero attached hydrogens (tertiary/aromatic N) is 2. The van der Waals surface area contributed by atoms with Crippen LogP contribution in [-0.2, 0) is 20.9 Å². The first-order valence-electron chi connectivity index (χ1n) is 9.56. The van der Waals surface area contributed by atoms with E-state index in [4.69, 9.17) is 4.74 Å². The predicted octanol–water partition coefficient (Wildman–Crippen LogP) is 3.63. The molecule has 0 radical (unpaired) electrons. The number of para-hydroxylation sites is 1. The van der Waals surface area contributed by atoms with E-state index in [1.54, 1.807) is 17.4 Å². The van der Waals surface area contributed by atoms with Crippen molar-refractivity contribution in [2.24, 2.45) is 5.92 Å². The summed E-state index contributed by atoms with van der Waals surface area (Å²) in [6.45, 7) is 4.02. The van der Waals surface area contributed by atoms with Gasteiger partial charge in [-0.15, -0.1) is 0 Å². The van der Waals surface area contributed by atoms with E-state index in [-0.39, 0.29) is 24.3 Å². The third kappa shape index (κ3) is 5.42. The molecule has 2 aromatic heterocycles. The van der Waals surface area contributed by atoms with Crippen molar-refractivity contribution in [2.75, 3.05) is 12.4 Å². The van der Waals surface area contributed by atoms with Crippen LogP contribution in [0.25, 0.3) is 17.0 Å². The van der Waals surface area contributed by atoms with Crippen LogP contribution in [0.2, 0.25) is 0 Å². The van der Waals surface area contributed by atoms with Crippen LogP contribution in [0.5, 0.6) is 0 Å². The maximum Gasteiger partial charge on any atom is 0.328 e. The number of esters is 1. The Bertz CT molecular complexity index is 1050. The summed E-state index contributed by atoms with van der Waals surface area (Å²) in [6, 6.07) is 8.90. The molecule has 3 rings (SSSR count). The number of anilines is 1. The second-order valence-electron chi connectivity index (χ2n) is 7.00. The average molecular weight is 425 g/mol. The fourth-order valence-corrected chi connectivity index (χ4v) is 3.48. The number of ether oxygens (including phenoxy) is 1. The Kier molecular flexibility index (Phi) is 7.13. The molecule has 30 heavy (non-hydrogen) atoms. The zero-order valence-corrected chi connectivity index (χ0v) is 17.9. The van der Waals surface area contributed by atoms with Crippen LogP contribution in [0, 0.1) is 5.92 Å². The molecule has 0 bridgehead atoms.